The fraction of sp³-hybridized carbons (Fsp3) is 0.714. The van der Waals surface area contributed by atoms with Gasteiger partial charge in [0.1, 0.15) is 0 Å². The second kappa shape index (κ2) is 4.08. The number of hydrogen-bond donors (Lipinski definition) is 1. The summed E-state index contributed by atoms with van der Waals surface area (Å²) in [4.78, 5) is 22.5. The number of likely N-dealkylation sites (N-methyl/N-ethyl adjacent to an activating group) is 1. The summed E-state index contributed by atoms with van der Waals surface area (Å²) in [5, 5.41) is 0. The van der Waals surface area contributed by atoms with Crippen molar-refractivity contribution in [1.29, 1.82) is 0 Å². The number of hydrogen-bond acceptors (Lipinski definition) is 3. The number of amides is 1. The molecule has 0 aliphatic carbocycles. The summed E-state index contributed by atoms with van der Waals surface area (Å²) in [6.07, 6.45) is 1.70. The van der Waals surface area contributed by atoms with Crippen molar-refractivity contribution in [2.24, 2.45) is 5.73 Å². The SMILES string of the molecule is C[C@H](N)C(=O)N(C)[C@@H](C)[C]=O. The lowest BCUT2D eigenvalue weighted by Gasteiger charge is -2.21. The molecular weight excluding hydrogens is 144 g/mol. The van der Waals surface area contributed by atoms with Crippen LogP contribution in [0.25, 0.3) is 0 Å². The van der Waals surface area contributed by atoms with E-state index in [9.17, 15) is 9.59 Å². The minimum absolute atomic E-state index is 0.249. The highest BCUT2D eigenvalue weighted by molar-refractivity contribution is 5.83. The third kappa shape index (κ3) is 2.67. The van der Waals surface area contributed by atoms with Crippen LogP contribution < -0.4 is 5.73 Å². The van der Waals surface area contributed by atoms with Crippen LogP contribution in [0, 0.1) is 0 Å². The highest BCUT2D eigenvalue weighted by Gasteiger charge is 2.18. The third-order valence-electron chi connectivity index (χ3n) is 1.49. The molecule has 4 heteroatoms. The van der Waals surface area contributed by atoms with Gasteiger partial charge < -0.3 is 10.6 Å². The van der Waals surface area contributed by atoms with E-state index in [1.807, 2.05) is 0 Å². The zero-order valence-electron chi connectivity index (χ0n) is 7.00. The van der Waals surface area contributed by atoms with Gasteiger partial charge in [-0.15, -0.1) is 0 Å². The fourth-order valence-corrected chi connectivity index (χ4v) is 0.591. The van der Waals surface area contributed by atoms with Crippen LogP contribution in [-0.2, 0) is 9.59 Å². The number of carbonyl (C=O) groups excluding carboxylic acids is 2. The molecule has 0 fully saturated rings. The molecule has 0 saturated carbocycles. The van der Waals surface area contributed by atoms with E-state index in [0.29, 0.717) is 0 Å². The first kappa shape index (κ1) is 10.1. The second-order valence-corrected chi connectivity index (χ2v) is 2.53. The molecule has 0 aromatic carbocycles. The van der Waals surface area contributed by atoms with Crippen LogP contribution in [0.2, 0.25) is 0 Å². The summed E-state index contributed by atoms with van der Waals surface area (Å²) in [6, 6.07) is -1.08. The highest BCUT2D eigenvalue weighted by Crippen LogP contribution is 1.94. The molecule has 1 radical (unpaired) electrons. The van der Waals surface area contributed by atoms with E-state index in [-0.39, 0.29) is 5.91 Å². The Labute approximate surface area is 66.4 Å². The summed E-state index contributed by atoms with van der Waals surface area (Å²) >= 11 is 0. The van der Waals surface area contributed by atoms with Gasteiger partial charge in [-0.2, -0.15) is 0 Å². The molecule has 0 aliphatic rings. The topological polar surface area (TPSA) is 63.4 Å². The van der Waals surface area contributed by atoms with Gasteiger partial charge in [-0.3, -0.25) is 9.59 Å². The Bertz CT molecular complexity index is 157. The predicted molar refractivity (Wildman–Crippen MR) is 41.6 cm³/mol. The highest BCUT2D eigenvalue weighted by atomic mass is 16.2. The van der Waals surface area contributed by atoms with Gasteiger partial charge in [0.2, 0.25) is 12.2 Å². The standard InChI is InChI=1S/C7H13N2O2/c1-5(4-10)9(3)7(11)6(2)8/h5-6H,8H2,1-3H3/t5-,6-/m0/s1. The first-order valence-corrected chi connectivity index (χ1v) is 3.40. The van der Waals surface area contributed by atoms with Crippen LogP contribution in [0.4, 0.5) is 0 Å². The zero-order chi connectivity index (χ0) is 9.02. The molecular formula is C7H13N2O2. The summed E-state index contributed by atoms with van der Waals surface area (Å²) in [6.45, 7) is 3.17. The Morgan fingerprint density at radius 2 is 2.00 bits per heavy atom. The molecule has 0 aromatic rings. The van der Waals surface area contributed by atoms with E-state index in [1.165, 1.54) is 11.9 Å². The van der Waals surface area contributed by atoms with Crippen LogP contribution in [0.5, 0.6) is 0 Å². The van der Waals surface area contributed by atoms with Gasteiger partial charge in [0.25, 0.3) is 0 Å². The van der Waals surface area contributed by atoms with Gasteiger partial charge in [-0.05, 0) is 13.8 Å². The summed E-state index contributed by atoms with van der Waals surface area (Å²) in [5.41, 5.74) is 5.31. The molecule has 0 aliphatic heterocycles. The summed E-state index contributed by atoms with van der Waals surface area (Å²) in [5.74, 6) is -0.249. The number of nitrogens with two attached hydrogens (primary N) is 1. The Balaban J connectivity index is 4.12. The maximum absolute atomic E-state index is 11.1. The average Bonchev–Trinajstić information content (AvgIpc) is 2.00. The van der Waals surface area contributed by atoms with Crippen molar-refractivity contribution in [3.8, 4) is 0 Å². The van der Waals surface area contributed by atoms with E-state index in [0.717, 1.165) is 0 Å². The first-order chi connectivity index (χ1) is 5.00. The van der Waals surface area contributed by atoms with Gasteiger partial charge in [0.15, 0.2) is 0 Å². The third-order valence-corrected chi connectivity index (χ3v) is 1.49. The molecule has 2 N–H and O–H groups in total. The quantitative estimate of drug-likeness (QED) is 0.588. The van der Waals surface area contributed by atoms with E-state index >= 15 is 0 Å². The van der Waals surface area contributed by atoms with Crippen LogP contribution in [0.15, 0.2) is 0 Å². The molecule has 0 bridgehead atoms. The molecule has 0 aromatic heterocycles. The van der Waals surface area contributed by atoms with Gasteiger partial charge in [-0.25, -0.2) is 0 Å². The Kier molecular flexibility index (Phi) is 3.74. The van der Waals surface area contributed by atoms with Crippen LogP contribution in [0.1, 0.15) is 13.8 Å². The zero-order valence-corrected chi connectivity index (χ0v) is 7.00. The van der Waals surface area contributed by atoms with Gasteiger partial charge >= 0.3 is 0 Å². The minimum Gasteiger partial charge on any atom is -0.334 e. The van der Waals surface area contributed by atoms with E-state index in [4.69, 9.17) is 5.73 Å². The van der Waals surface area contributed by atoms with Crippen molar-refractivity contribution in [3.05, 3.63) is 0 Å². The Morgan fingerprint density at radius 3 is 2.27 bits per heavy atom. The van der Waals surface area contributed by atoms with Crippen molar-refractivity contribution in [1.82, 2.24) is 4.90 Å². The minimum atomic E-state index is -0.559. The molecule has 0 unspecified atom stereocenters. The lowest BCUT2D eigenvalue weighted by Crippen LogP contribution is -2.44. The number of carbonyl (C=O) groups is 1. The molecule has 4 nitrogen and oxygen atoms in total. The van der Waals surface area contributed by atoms with Crippen molar-refractivity contribution in [3.63, 3.8) is 0 Å². The number of nitrogens with zero attached hydrogens (tertiary/aromatic N) is 1. The smallest absolute Gasteiger partial charge is 0.239 e. The van der Waals surface area contributed by atoms with Crippen LogP contribution >= 0.6 is 0 Å². The van der Waals surface area contributed by atoms with Gasteiger partial charge in [0, 0.05) is 7.05 Å². The molecule has 1 amide bonds. The average molecular weight is 157 g/mol. The molecule has 0 rings (SSSR count). The Hall–Kier alpha value is -0.900. The molecule has 63 valence electrons. The van der Waals surface area contributed by atoms with E-state index in [1.54, 1.807) is 20.1 Å². The molecule has 0 saturated heterocycles. The van der Waals surface area contributed by atoms with E-state index in [2.05, 4.69) is 0 Å². The van der Waals surface area contributed by atoms with Crippen LogP contribution in [-0.4, -0.2) is 36.2 Å². The van der Waals surface area contributed by atoms with Crippen molar-refractivity contribution >= 4 is 12.2 Å². The van der Waals surface area contributed by atoms with Crippen molar-refractivity contribution < 1.29 is 9.59 Å². The molecule has 0 heterocycles. The molecule has 11 heavy (non-hydrogen) atoms. The van der Waals surface area contributed by atoms with Crippen molar-refractivity contribution in [2.45, 2.75) is 25.9 Å². The van der Waals surface area contributed by atoms with Gasteiger partial charge in [-0.1, -0.05) is 0 Å². The number of rotatable bonds is 3. The van der Waals surface area contributed by atoms with E-state index < -0.39 is 12.1 Å². The first-order valence-electron chi connectivity index (χ1n) is 3.40. The molecule has 2 atom stereocenters. The second-order valence-electron chi connectivity index (χ2n) is 2.53. The summed E-state index contributed by atoms with van der Waals surface area (Å²) < 4.78 is 0. The van der Waals surface area contributed by atoms with Crippen LogP contribution in [0.3, 0.4) is 0 Å². The fourth-order valence-electron chi connectivity index (χ4n) is 0.591. The maximum atomic E-state index is 11.1. The monoisotopic (exact) mass is 157 g/mol. The van der Waals surface area contributed by atoms with Crippen molar-refractivity contribution in [2.75, 3.05) is 7.05 Å². The largest absolute Gasteiger partial charge is 0.334 e. The lowest BCUT2D eigenvalue weighted by atomic mass is 10.2. The normalized spacial score (nSPS) is 15.3. The Morgan fingerprint density at radius 1 is 1.55 bits per heavy atom. The lowest BCUT2D eigenvalue weighted by molar-refractivity contribution is -0.131. The maximum Gasteiger partial charge on any atom is 0.239 e. The predicted octanol–water partition coefficient (Wildman–Crippen LogP) is -0.710. The summed E-state index contributed by atoms with van der Waals surface area (Å²) in [7, 11) is 1.53. The molecule has 0 spiro atoms. The van der Waals surface area contributed by atoms with Gasteiger partial charge in [0.05, 0.1) is 12.1 Å².